The van der Waals surface area contributed by atoms with Gasteiger partial charge in [0.05, 0.1) is 15.7 Å². The van der Waals surface area contributed by atoms with Crippen molar-refractivity contribution in [3.05, 3.63) is 69.7 Å². The van der Waals surface area contributed by atoms with Crippen LogP contribution >= 0.6 is 23.2 Å². The number of nitrogens with one attached hydrogen (secondary N) is 1. The first-order valence-corrected chi connectivity index (χ1v) is 8.18. The summed E-state index contributed by atoms with van der Waals surface area (Å²) in [6.07, 6.45) is 4.18. The fourth-order valence-electron chi connectivity index (χ4n) is 2.90. The molecular weight excluding hydrogens is 341 g/mol. The Morgan fingerprint density at radius 1 is 0.958 bits per heavy atom. The molecule has 0 heterocycles. The van der Waals surface area contributed by atoms with Gasteiger partial charge >= 0.3 is 0 Å². The van der Waals surface area contributed by atoms with Gasteiger partial charge in [0, 0.05) is 11.3 Å². The number of guanidine groups is 1. The Labute approximate surface area is 149 Å². The molecule has 5 heteroatoms. The van der Waals surface area contributed by atoms with Gasteiger partial charge in [0.2, 0.25) is 0 Å². The number of anilines is 1. The van der Waals surface area contributed by atoms with Crippen LogP contribution in [0.15, 0.2) is 53.5 Å². The molecule has 0 bridgehead atoms. The molecule has 0 unspecified atom stereocenters. The predicted molar refractivity (Wildman–Crippen MR) is 104 cm³/mol. The standard InChI is InChI=1S/C19H13Cl2N3/c20-14-5-2-6-16(18(14)21)24-19(22)23-15-10-8-12-4-1-3-11-7-9-13(15)17(11)12/h1-10H,(H3,22,23,24). The molecule has 3 aromatic carbocycles. The van der Waals surface area contributed by atoms with E-state index in [0.717, 1.165) is 11.3 Å². The van der Waals surface area contributed by atoms with E-state index in [-0.39, 0.29) is 5.96 Å². The van der Waals surface area contributed by atoms with Crippen LogP contribution in [-0.4, -0.2) is 5.96 Å². The van der Waals surface area contributed by atoms with E-state index in [1.54, 1.807) is 18.2 Å². The molecule has 0 fully saturated rings. The van der Waals surface area contributed by atoms with Gasteiger partial charge in [0.15, 0.2) is 5.96 Å². The normalized spacial score (nSPS) is 12.8. The van der Waals surface area contributed by atoms with Crippen molar-refractivity contribution in [1.29, 1.82) is 0 Å². The SMILES string of the molecule is NC(=Nc1cccc(Cl)c1Cl)Nc1ccc2cccc3c2c1C=C3. The third kappa shape index (κ3) is 2.52. The summed E-state index contributed by atoms with van der Waals surface area (Å²) >= 11 is 12.2. The summed E-state index contributed by atoms with van der Waals surface area (Å²) in [5.74, 6) is 0.257. The van der Waals surface area contributed by atoms with Crippen LogP contribution in [0.3, 0.4) is 0 Å². The van der Waals surface area contributed by atoms with Crippen LogP contribution in [0.4, 0.5) is 11.4 Å². The molecule has 0 saturated carbocycles. The van der Waals surface area contributed by atoms with Gasteiger partial charge in [-0.25, -0.2) is 4.99 Å². The molecule has 0 spiro atoms. The Bertz CT molecular complexity index is 1020. The number of nitrogens with two attached hydrogens (primary N) is 1. The minimum atomic E-state index is 0.257. The van der Waals surface area contributed by atoms with E-state index >= 15 is 0 Å². The first kappa shape index (κ1) is 15.1. The quantitative estimate of drug-likeness (QED) is 0.359. The lowest BCUT2D eigenvalue weighted by molar-refractivity contribution is 1.44. The average molecular weight is 354 g/mol. The minimum absolute atomic E-state index is 0.257. The lowest BCUT2D eigenvalue weighted by Gasteiger charge is -2.11. The zero-order chi connectivity index (χ0) is 16.7. The van der Waals surface area contributed by atoms with E-state index in [2.05, 4.69) is 46.7 Å². The second kappa shape index (κ2) is 5.86. The van der Waals surface area contributed by atoms with Crippen molar-refractivity contribution in [1.82, 2.24) is 0 Å². The number of halogens is 2. The van der Waals surface area contributed by atoms with Gasteiger partial charge < -0.3 is 11.1 Å². The number of aliphatic imine (C=N–C) groups is 1. The van der Waals surface area contributed by atoms with Crippen LogP contribution in [0.5, 0.6) is 0 Å². The van der Waals surface area contributed by atoms with Crippen LogP contribution in [0, 0.1) is 0 Å². The van der Waals surface area contributed by atoms with E-state index in [1.807, 2.05) is 6.07 Å². The highest BCUT2D eigenvalue weighted by atomic mass is 35.5. The van der Waals surface area contributed by atoms with Crippen molar-refractivity contribution >= 4 is 63.5 Å². The molecule has 0 atom stereocenters. The summed E-state index contributed by atoms with van der Waals surface area (Å²) in [7, 11) is 0. The van der Waals surface area contributed by atoms with Crippen LogP contribution < -0.4 is 11.1 Å². The first-order chi connectivity index (χ1) is 11.6. The molecule has 0 radical (unpaired) electrons. The molecule has 1 aliphatic carbocycles. The Kier molecular flexibility index (Phi) is 3.68. The zero-order valence-electron chi connectivity index (χ0n) is 12.6. The number of rotatable bonds is 2. The fourth-order valence-corrected chi connectivity index (χ4v) is 3.24. The Balaban J connectivity index is 1.72. The Morgan fingerprint density at radius 3 is 2.67 bits per heavy atom. The van der Waals surface area contributed by atoms with Gasteiger partial charge in [-0.05, 0) is 34.5 Å². The fraction of sp³-hybridized carbons (Fsp3) is 0. The molecule has 0 amide bonds. The van der Waals surface area contributed by atoms with Crippen molar-refractivity contribution in [2.75, 3.05) is 5.32 Å². The molecule has 3 N–H and O–H groups in total. The summed E-state index contributed by atoms with van der Waals surface area (Å²) in [6, 6.07) is 15.6. The van der Waals surface area contributed by atoms with Gasteiger partial charge in [-0.2, -0.15) is 0 Å². The van der Waals surface area contributed by atoms with Gasteiger partial charge in [-0.3, -0.25) is 0 Å². The highest BCUT2D eigenvalue weighted by Crippen LogP contribution is 2.36. The summed E-state index contributed by atoms with van der Waals surface area (Å²) < 4.78 is 0. The maximum atomic E-state index is 6.15. The lowest BCUT2D eigenvalue weighted by atomic mass is 10.0. The molecule has 0 aromatic heterocycles. The average Bonchev–Trinajstić information content (AvgIpc) is 3.01. The highest BCUT2D eigenvalue weighted by Gasteiger charge is 2.13. The summed E-state index contributed by atoms with van der Waals surface area (Å²) in [5, 5.41) is 6.41. The molecular formula is C19H13Cl2N3. The largest absolute Gasteiger partial charge is 0.369 e. The number of nitrogens with zero attached hydrogens (tertiary/aromatic N) is 1. The topological polar surface area (TPSA) is 50.4 Å². The molecule has 3 aromatic rings. The van der Waals surface area contributed by atoms with Crippen molar-refractivity contribution < 1.29 is 0 Å². The Hall–Kier alpha value is -2.49. The van der Waals surface area contributed by atoms with Crippen LogP contribution in [0.25, 0.3) is 22.9 Å². The molecule has 118 valence electrons. The maximum absolute atomic E-state index is 6.15. The number of hydrogen-bond donors (Lipinski definition) is 2. The molecule has 24 heavy (non-hydrogen) atoms. The predicted octanol–water partition coefficient (Wildman–Crippen LogP) is 5.69. The van der Waals surface area contributed by atoms with Crippen LogP contribution in [0.2, 0.25) is 10.0 Å². The van der Waals surface area contributed by atoms with E-state index in [1.165, 1.54) is 16.3 Å². The maximum Gasteiger partial charge on any atom is 0.198 e. The van der Waals surface area contributed by atoms with Crippen molar-refractivity contribution in [2.45, 2.75) is 0 Å². The molecule has 0 saturated heterocycles. The first-order valence-electron chi connectivity index (χ1n) is 7.42. The second-order valence-corrected chi connectivity index (χ2v) is 6.29. The van der Waals surface area contributed by atoms with Gasteiger partial charge in [0.1, 0.15) is 0 Å². The lowest BCUT2D eigenvalue weighted by Crippen LogP contribution is -2.22. The summed E-state index contributed by atoms with van der Waals surface area (Å²) in [4.78, 5) is 4.33. The van der Waals surface area contributed by atoms with Crippen LogP contribution in [-0.2, 0) is 0 Å². The van der Waals surface area contributed by atoms with Crippen molar-refractivity contribution in [3.63, 3.8) is 0 Å². The van der Waals surface area contributed by atoms with Gasteiger partial charge in [-0.15, -0.1) is 0 Å². The van der Waals surface area contributed by atoms with Crippen LogP contribution in [0.1, 0.15) is 11.1 Å². The van der Waals surface area contributed by atoms with Gasteiger partial charge in [-0.1, -0.05) is 65.7 Å². The van der Waals surface area contributed by atoms with Crippen molar-refractivity contribution in [3.8, 4) is 0 Å². The van der Waals surface area contributed by atoms with Crippen molar-refractivity contribution in [2.24, 2.45) is 10.7 Å². The molecule has 3 nitrogen and oxygen atoms in total. The second-order valence-electron chi connectivity index (χ2n) is 5.50. The zero-order valence-corrected chi connectivity index (χ0v) is 14.1. The Morgan fingerprint density at radius 2 is 1.79 bits per heavy atom. The molecule has 1 aliphatic rings. The summed E-state index contributed by atoms with van der Waals surface area (Å²) in [6.45, 7) is 0. The molecule has 0 aliphatic heterocycles. The highest BCUT2D eigenvalue weighted by molar-refractivity contribution is 6.43. The van der Waals surface area contributed by atoms with E-state index in [9.17, 15) is 0 Å². The van der Waals surface area contributed by atoms with E-state index < -0.39 is 0 Å². The number of benzene rings is 3. The minimum Gasteiger partial charge on any atom is -0.369 e. The summed E-state index contributed by atoms with van der Waals surface area (Å²) in [5.41, 5.74) is 9.81. The third-order valence-electron chi connectivity index (χ3n) is 3.98. The monoisotopic (exact) mass is 353 g/mol. The van der Waals surface area contributed by atoms with Gasteiger partial charge in [0.25, 0.3) is 0 Å². The molecule has 4 rings (SSSR count). The third-order valence-corrected chi connectivity index (χ3v) is 4.79. The smallest absolute Gasteiger partial charge is 0.198 e. The van der Waals surface area contributed by atoms with E-state index in [0.29, 0.717) is 15.7 Å². The number of hydrogen-bond acceptors (Lipinski definition) is 1. The van der Waals surface area contributed by atoms with E-state index in [4.69, 9.17) is 28.9 Å².